The van der Waals surface area contributed by atoms with Crippen molar-refractivity contribution in [3.8, 4) is 0 Å². The number of nitrogens with zero attached hydrogens (tertiary/aromatic N) is 1. The zero-order valence-corrected chi connectivity index (χ0v) is 15.6. The first kappa shape index (κ1) is 19.9. The number of hydrogen-bond donors (Lipinski definition) is 1. The molecule has 140 valence electrons. The molecule has 0 atom stereocenters. The number of sulfone groups is 1. The third-order valence-corrected chi connectivity index (χ3v) is 4.90. The summed E-state index contributed by atoms with van der Waals surface area (Å²) < 4.78 is 28.8. The van der Waals surface area contributed by atoms with E-state index in [1.54, 1.807) is 0 Å². The topological polar surface area (TPSA) is 98.5 Å². The Morgan fingerprint density at radius 2 is 1.85 bits per heavy atom. The Morgan fingerprint density at radius 3 is 2.46 bits per heavy atom. The van der Waals surface area contributed by atoms with Crippen LogP contribution in [0.2, 0.25) is 0 Å². The van der Waals surface area contributed by atoms with Crippen LogP contribution in [0.5, 0.6) is 0 Å². The second-order valence-electron chi connectivity index (χ2n) is 5.88. The van der Waals surface area contributed by atoms with Gasteiger partial charge in [-0.25, -0.2) is 8.42 Å². The standard InChI is InChI=1S/C18H22N2O5S/c1-3-10-25-13-15-7-5-4-6-14(15)12-19-17-9-8-16(26(2,23)24)11-18(17)20(21)22/h4-9,11,19H,3,10,12-13H2,1-2H3. The quantitative estimate of drug-likeness (QED) is 0.407. The molecule has 0 saturated carbocycles. The van der Waals surface area contributed by atoms with Gasteiger partial charge in [0.05, 0.1) is 16.4 Å². The molecule has 0 aliphatic rings. The van der Waals surface area contributed by atoms with Gasteiger partial charge in [-0.1, -0.05) is 31.2 Å². The van der Waals surface area contributed by atoms with Crippen LogP contribution in [0.1, 0.15) is 24.5 Å². The lowest BCUT2D eigenvalue weighted by Gasteiger charge is -2.12. The monoisotopic (exact) mass is 378 g/mol. The molecule has 26 heavy (non-hydrogen) atoms. The third kappa shape index (κ3) is 5.27. The summed E-state index contributed by atoms with van der Waals surface area (Å²) in [4.78, 5) is 10.6. The van der Waals surface area contributed by atoms with E-state index in [1.807, 2.05) is 31.2 Å². The average Bonchev–Trinajstić information content (AvgIpc) is 2.60. The van der Waals surface area contributed by atoms with Gasteiger partial charge in [-0.3, -0.25) is 10.1 Å². The van der Waals surface area contributed by atoms with Crippen LogP contribution in [0.4, 0.5) is 11.4 Å². The zero-order chi connectivity index (χ0) is 19.2. The van der Waals surface area contributed by atoms with Crippen molar-refractivity contribution < 1.29 is 18.1 Å². The molecular formula is C18H22N2O5S. The second kappa shape index (κ2) is 8.77. The fraction of sp³-hybridized carbons (Fsp3) is 0.333. The van der Waals surface area contributed by atoms with Gasteiger partial charge in [0.15, 0.2) is 9.84 Å². The van der Waals surface area contributed by atoms with Crippen molar-refractivity contribution in [1.29, 1.82) is 0 Å². The average molecular weight is 378 g/mol. The van der Waals surface area contributed by atoms with Crippen LogP contribution < -0.4 is 5.32 Å². The van der Waals surface area contributed by atoms with E-state index in [4.69, 9.17) is 4.74 Å². The van der Waals surface area contributed by atoms with Crippen molar-refractivity contribution >= 4 is 21.2 Å². The Morgan fingerprint density at radius 1 is 1.15 bits per heavy atom. The molecule has 0 aromatic heterocycles. The van der Waals surface area contributed by atoms with Crippen LogP contribution >= 0.6 is 0 Å². The number of anilines is 1. The number of hydrogen-bond acceptors (Lipinski definition) is 6. The number of benzene rings is 2. The number of rotatable bonds is 9. The largest absolute Gasteiger partial charge is 0.377 e. The van der Waals surface area contributed by atoms with E-state index in [9.17, 15) is 18.5 Å². The van der Waals surface area contributed by atoms with E-state index in [0.29, 0.717) is 19.8 Å². The van der Waals surface area contributed by atoms with Crippen molar-refractivity contribution in [3.63, 3.8) is 0 Å². The van der Waals surface area contributed by atoms with E-state index in [-0.39, 0.29) is 16.3 Å². The van der Waals surface area contributed by atoms with Gasteiger partial charge >= 0.3 is 0 Å². The molecule has 0 fully saturated rings. The normalized spacial score (nSPS) is 11.3. The van der Waals surface area contributed by atoms with Crippen LogP contribution in [-0.4, -0.2) is 26.2 Å². The molecule has 0 radical (unpaired) electrons. The molecule has 1 N–H and O–H groups in total. The summed E-state index contributed by atoms with van der Waals surface area (Å²) in [6.45, 7) is 3.54. The van der Waals surface area contributed by atoms with Gasteiger partial charge < -0.3 is 10.1 Å². The fourth-order valence-corrected chi connectivity index (χ4v) is 3.07. The van der Waals surface area contributed by atoms with E-state index < -0.39 is 14.8 Å². The summed E-state index contributed by atoms with van der Waals surface area (Å²) >= 11 is 0. The SMILES string of the molecule is CCCOCc1ccccc1CNc1ccc(S(C)(=O)=O)cc1[N+](=O)[O-]. The Hall–Kier alpha value is -2.45. The molecule has 0 unspecified atom stereocenters. The first-order chi connectivity index (χ1) is 12.3. The highest BCUT2D eigenvalue weighted by Gasteiger charge is 2.18. The molecule has 0 spiro atoms. The molecule has 8 heteroatoms. The lowest BCUT2D eigenvalue weighted by atomic mass is 10.1. The van der Waals surface area contributed by atoms with E-state index >= 15 is 0 Å². The second-order valence-corrected chi connectivity index (χ2v) is 7.90. The lowest BCUT2D eigenvalue weighted by Crippen LogP contribution is -2.07. The predicted octanol–water partition coefficient (Wildman–Crippen LogP) is 3.54. The van der Waals surface area contributed by atoms with Gasteiger partial charge in [-0.15, -0.1) is 0 Å². The van der Waals surface area contributed by atoms with Crippen LogP contribution in [-0.2, 0) is 27.7 Å². The molecule has 0 amide bonds. The molecular weight excluding hydrogens is 356 g/mol. The van der Waals surface area contributed by atoms with Crippen molar-refractivity contribution in [3.05, 3.63) is 63.7 Å². The number of nitro groups is 1. The summed E-state index contributed by atoms with van der Waals surface area (Å²) in [6, 6.07) is 11.5. The molecule has 0 saturated heterocycles. The molecule has 7 nitrogen and oxygen atoms in total. The minimum atomic E-state index is -3.51. The molecule has 0 aliphatic carbocycles. The molecule has 0 aliphatic heterocycles. The Kier molecular flexibility index (Phi) is 6.70. The first-order valence-electron chi connectivity index (χ1n) is 8.19. The Bertz CT molecular complexity index is 881. The van der Waals surface area contributed by atoms with Crippen molar-refractivity contribution in [2.24, 2.45) is 0 Å². The van der Waals surface area contributed by atoms with Gasteiger partial charge in [0, 0.05) is 25.5 Å². The lowest BCUT2D eigenvalue weighted by molar-refractivity contribution is -0.384. The maximum absolute atomic E-state index is 11.6. The predicted molar refractivity (Wildman–Crippen MR) is 99.9 cm³/mol. The van der Waals surface area contributed by atoms with Crippen LogP contribution in [0.15, 0.2) is 47.4 Å². The van der Waals surface area contributed by atoms with Gasteiger partial charge in [-0.2, -0.15) is 0 Å². The first-order valence-corrected chi connectivity index (χ1v) is 10.1. The Balaban J connectivity index is 2.21. The molecule has 2 aromatic rings. The molecule has 0 bridgehead atoms. The zero-order valence-electron chi connectivity index (χ0n) is 14.8. The maximum Gasteiger partial charge on any atom is 0.293 e. The number of nitro benzene ring substituents is 1. The highest BCUT2D eigenvalue weighted by molar-refractivity contribution is 7.90. The molecule has 2 aromatic carbocycles. The smallest absolute Gasteiger partial charge is 0.293 e. The van der Waals surface area contributed by atoms with Gasteiger partial charge in [0.25, 0.3) is 5.69 Å². The maximum atomic E-state index is 11.6. The van der Waals surface area contributed by atoms with Gasteiger partial charge in [0.1, 0.15) is 5.69 Å². The van der Waals surface area contributed by atoms with Gasteiger partial charge in [0.2, 0.25) is 0 Å². The molecule has 0 heterocycles. The molecule has 2 rings (SSSR count). The van der Waals surface area contributed by atoms with Gasteiger partial charge in [-0.05, 0) is 29.7 Å². The highest BCUT2D eigenvalue weighted by Crippen LogP contribution is 2.28. The van der Waals surface area contributed by atoms with Crippen molar-refractivity contribution in [2.45, 2.75) is 31.4 Å². The Labute approximate surface area is 153 Å². The van der Waals surface area contributed by atoms with Crippen LogP contribution in [0.25, 0.3) is 0 Å². The summed E-state index contributed by atoms with van der Waals surface area (Å²) in [5, 5.41) is 14.3. The third-order valence-electron chi connectivity index (χ3n) is 3.79. The summed E-state index contributed by atoms with van der Waals surface area (Å²) in [5.41, 5.74) is 1.97. The highest BCUT2D eigenvalue weighted by atomic mass is 32.2. The van der Waals surface area contributed by atoms with E-state index in [1.165, 1.54) is 12.1 Å². The summed E-state index contributed by atoms with van der Waals surface area (Å²) in [6.07, 6.45) is 1.95. The summed E-state index contributed by atoms with van der Waals surface area (Å²) in [5.74, 6) is 0. The van der Waals surface area contributed by atoms with Crippen molar-refractivity contribution in [2.75, 3.05) is 18.2 Å². The number of ether oxygens (including phenoxy) is 1. The van der Waals surface area contributed by atoms with E-state index in [2.05, 4.69) is 5.32 Å². The van der Waals surface area contributed by atoms with Crippen LogP contribution in [0, 0.1) is 10.1 Å². The van der Waals surface area contributed by atoms with Crippen molar-refractivity contribution in [1.82, 2.24) is 0 Å². The van der Waals surface area contributed by atoms with E-state index in [0.717, 1.165) is 29.9 Å². The summed E-state index contributed by atoms with van der Waals surface area (Å²) in [7, 11) is -3.51. The van der Waals surface area contributed by atoms with Crippen LogP contribution in [0.3, 0.4) is 0 Å². The number of nitrogens with one attached hydrogen (secondary N) is 1. The fourth-order valence-electron chi connectivity index (χ4n) is 2.43. The minimum absolute atomic E-state index is 0.0804. The minimum Gasteiger partial charge on any atom is -0.377 e.